The minimum atomic E-state index is -1.26. The molecule has 0 radical (unpaired) electrons. The number of aliphatic imine (C=N–C) groups is 1. The molecule has 2 aliphatic heterocycles. The number of carbonyl (C=O) groups is 3. The summed E-state index contributed by atoms with van der Waals surface area (Å²) in [6, 6.07) is 12.7. The van der Waals surface area contributed by atoms with Crippen molar-refractivity contribution in [1.29, 1.82) is 0 Å². The zero-order chi connectivity index (χ0) is 27.4. The Balaban J connectivity index is 1.47. The first-order valence-corrected chi connectivity index (χ1v) is 12.8. The summed E-state index contributed by atoms with van der Waals surface area (Å²) in [6.07, 6.45) is 0.0170. The van der Waals surface area contributed by atoms with Gasteiger partial charge in [-0.1, -0.05) is 30.3 Å². The summed E-state index contributed by atoms with van der Waals surface area (Å²) in [5.41, 5.74) is 1.08. The lowest BCUT2D eigenvalue weighted by Gasteiger charge is -2.34. The first kappa shape index (κ1) is 27.1. The van der Waals surface area contributed by atoms with Gasteiger partial charge in [-0.15, -0.1) is 0 Å². The highest BCUT2D eigenvalue weighted by Crippen LogP contribution is 2.28. The van der Waals surface area contributed by atoms with Gasteiger partial charge in [0.2, 0.25) is 6.17 Å². The Labute approximate surface area is 222 Å². The molecule has 0 aromatic heterocycles. The highest BCUT2D eigenvalue weighted by Gasteiger charge is 2.32. The number of fused-ring (bicyclic) bond motifs is 1. The number of likely N-dealkylation sites (tertiary alicyclic amines) is 1. The van der Waals surface area contributed by atoms with Crippen LogP contribution in [0.4, 0.5) is 19.7 Å². The van der Waals surface area contributed by atoms with Gasteiger partial charge in [0.1, 0.15) is 11.4 Å². The Hall–Kier alpha value is -3.95. The smallest absolute Gasteiger partial charge is 0.410 e. The molecule has 2 unspecified atom stereocenters. The third-order valence-corrected chi connectivity index (χ3v) is 6.46. The number of nitrogens with zero attached hydrogens (tertiary/aromatic N) is 3. The molecule has 4 rings (SSSR count). The Morgan fingerprint density at radius 2 is 1.79 bits per heavy atom. The molecule has 0 saturated carbocycles. The molecule has 0 aliphatic carbocycles. The lowest BCUT2D eigenvalue weighted by atomic mass is 9.98. The van der Waals surface area contributed by atoms with Crippen LogP contribution in [0.25, 0.3) is 0 Å². The van der Waals surface area contributed by atoms with E-state index in [1.807, 2.05) is 20.8 Å². The number of carbonyl (C=O) groups excluding carboxylic acids is 3. The number of ether oxygens (including phenoxy) is 1. The second-order valence-electron chi connectivity index (χ2n) is 10.6. The number of nitrogens with one attached hydrogen (secondary N) is 2. The molecule has 2 atom stereocenters. The minimum absolute atomic E-state index is 0.0382. The fourth-order valence-corrected chi connectivity index (χ4v) is 4.62. The molecular formula is C28H34FN5O4. The molecule has 0 spiro atoms. The van der Waals surface area contributed by atoms with Gasteiger partial charge in [-0.2, -0.15) is 0 Å². The molecule has 38 heavy (non-hydrogen) atoms. The van der Waals surface area contributed by atoms with E-state index in [9.17, 15) is 18.8 Å². The van der Waals surface area contributed by atoms with Crippen LogP contribution in [0.1, 0.15) is 44.7 Å². The summed E-state index contributed by atoms with van der Waals surface area (Å²) in [6.45, 7) is 6.85. The molecular weight excluding hydrogens is 489 g/mol. The number of urea groups is 1. The van der Waals surface area contributed by atoms with Crippen molar-refractivity contribution in [3.63, 3.8) is 0 Å². The number of hydrogen-bond donors (Lipinski definition) is 2. The van der Waals surface area contributed by atoms with Crippen LogP contribution >= 0.6 is 0 Å². The number of para-hydroxylation sites is 1. The predicted octanol–water partition coefficient (Wildman–Crippen LogP) is 3.91. The second kappa shape index (κ2) is 11.2. The van der Waals surface area contributed by atoms with Crippen LogP contribution in [0, 0.1) is 11.7 Å². The van der Waals surface area contributed by atoms with E-state index in [1.54, 1.807) is 54.4 Å². The van der Waals surface area contributed by atoms with E-state index < -0.39 is 29.5 Å². The van der Waals surface area contributed by atoms with Crippen LogP contribution < -0.4 is 15.5 Å². The Morgan fingerprint density at radius 3 is 2.50 bits per heavy atom. The molecule has 1 fully saturated rings. The van der Waals surface area contributed by atoms with Crippen molar-refractivity contribution in [1.82, 2.24) is 15.5 Å². The minimum Gasteiger partial charge on any atom is -0.444 e. The van der Waals surface area contributed by atoms with Gasteiger partial charge in [-0.25, -0.2) is 19.0 Å². The van der Waals surface area contributed by atoms with Gasteiger partial charge in [0.15, 0.2) is 0 Å². The monoisotopic (exact) mass is 523 g/mol. The van der Waals surface area contributed by atoms with Gasteiger partial charge in [-0.3, -0.25) is 4.79 Å². The van der Waals surface area contributed by atoms with Crippen LogP contribution in [0.3, 0.4) is 0 Å². The maximum atomic E-state index is 14.8. The molecule has 2 N–H and O–H groups in total. The number of anilines is 1. The van der Waals surface area contributed by atoms with E-state index >= 15 is 0 Å². The van der Waals surface area contributed by atoms with Crippen molar-refractivity contribution in [2.75, 3.05) is 31.6 Å². The highest BCUT2D eigenvalue weighted by molar-refractivity contribution is 6.20. The normalized spacial score (nSPS) is 19.7. The van der Waals surface area contributed by atoms with Gasteiger partial charge in [0, 0.05) is 37.8 Å². The van der Waals surface area contributed by atoms with Crippen molar-refractivity contribution in [3.05, 3.63) is 65.5 Å². The summed E-state index contributed by atoms with van der Waals surface area (Å²) in [4.78, 5) is 46.2. The number of halogens is 1. The average molecular weight is 524 g/mol. The number of rotatable bonds is 4. The molecule has 202 valence electrons. The maximum absolute atomic E-state index is 14.8. The highest BCUT2D eigenvalue weighted by atomic mass is 19.1. The predicted molar refractivity (Wildman–Crippen MR) is 143 cm³/mol. The van der Waals surface area contributed by atoms with E-state index in [-0.39, 0.29) is 23.3 Å². The fraction of sp³-hybridized carbons (Fsp3) is 0.429. The third-order valence-electron chi connectivity index (χ3n) is 6.46. The lowest BCUT2D eigenvalue weighted by Crippen LogP contribution is -2.51. The number of likely N-dealkylation sites (N-methyl/N-ethyl adjacent to an activating group) is 1. The molecule has 2 heterocycles. The summed E-state index contributed by atoms with van der Waals surface area (Å²) in [5, 5.41) is 5.45. The zero-order valence-electron chi connectivity index (χ0n) is 22.2. The van der Waals surface area contributed by atoms with Crippen molar-refractivity contribution >= 4 is 29.4 Å². The summed E-state index contributed by atoms with van der Waals surface area (Å²) in [7, 11) is 1.60. The number of amides is 4. The molecule has 1 saturated heterocycles. The average Bonchev–Trinajstić information content (AvgIpc) is 2.98. The van der Waals surface area contributed by atoms with Crippen molar-refractivity contribution in [3.8, 4) is 0 Å². The van der Waals surface area contributed by atoms with Crippen LogP contribution in [0.5, 0.6) is 0 Å². The van der Waals surface area contributed by atoms with E-state index in [1.165, 1.54) is 11.0 Å². The Bertz CT molecular complexity index is 1240. The van der Waals surface area contributed by atoms with Crippen LogP contribution in [0.15, 0.2) is 53.5 Å². The maximum Gasteiger partial charge on any atom is 0.410 e. The summed E-state index contributed by atoms with van der Waals surface area (Å²) >= 11 is 0. The van der Waals surface area contributed by atoms with Gasteiger partial charge in [-0.05, 0) is 57.7 Å². The van der Waals surface area contributed by atoms with Gasteiger partial charge < -0.3 is 25.2 Å². The second-order valence-corrected chi connectivity index (χ2v) is 10.6. The van der Waals surface area contributed by atoms with E-state index in [0.29, 0.717) is 30.9 Å². The molecule has 2 aromatic carbocycles. The Kier molecular flexibility index (Phi) is 7.99. The molecule has 4 amide bonds. The van der Waals surface area contributed by atoms with E-state index in [2.05, 4.69) is 15.6 Å². The SMILES string of the molecule is CN1C(=O)C(NC(=O)NCC2CCCN(C(=O)OC(C)(C)C)C2)N=C(c2ccccc2F)c2ccccc21. The largest absolute Gasteiger partial charge is 0.444 e. The van der Waals surface area contributed by atoms with Gasteiger partial charge in [0.25, 0.3) is 5.91 Å². The van der Waals surface area contributed by atoms with Crippen molar-refractivity contribution in [2.24, 2.45) is 10.9 Å². The fourth-order valence-electron chi connectivity index (χ4n) is 4.62. The molecule has 10 heteroatoms. The number of benzodiazepines with no additional fused rings is 1. The molecule has 2 aromatic rings. The first-order valence-electron chi connectivity index (χ1n) is 12.8. The van der Waals surface area contributed by atoms with Crippen molar-refractivity contribution in [2.45, 2.75) is 45.4 Å². The third kappa shape index (κ3) is 6.30. The van der Waals surface area contributed by atoms with Crippen LogP contribution in [0.2, 0.25) is 0 Å². The number of hydrogen-bond acceptors (Lipinski definition) is 5. The van der Waals surface area contributed by atoms with Crippen LogP contribution in [-0.4, -0.2) is 67.1 Å². The summed E-state index contributed by atoms with van der Waals surface area (Å²) < 4.78 is 20.2. The van der Waals surface area contributed by atoms with Gasteiger partial charge >= 0.3 is 12.1 Å². The summed E-state index contributed by atoms with van der Waals surface area (Å²) in [5.74, 6) is -0.892. The van der Waals surface area contributed by atoms with E-state index in [4.69, 9.17) is 4.74 Å². The molecule has 9 nitrogen and oxygen atoms in total. The molecule has 2 aliphatic rings. The standard InChI is InChI=1S/C28H34FN5O4/c1-28(2,3)38-27(37)34-15-9-10-18(17-34)16-30-26(36)32-24-25(35)33(4)22-14-8-6-12-20(22)23(31-24)19-11-5-7-13-21(19)29/h5-8,11-14,18,24H,9-10,15-17H2,1-4H3,(H2,30,32,36). The van der Waals surface area contributed by atoms with Crippen molar-refractivity contribution < 1.29 is 23.5 Å². The topological polar surface area (TPSA) is 103 Å². The number of piperidine rings is 1. The first-order chi connectivity index (χ1) is 18.0. The van der Waals surface area contributed by atoms with E-state index in [0.717, 1.165) is 12.8 Å². The number of benzene rings is 2. The lowest BCUT2D eigenvalue weighted by molar-refractivity contribution is -0.119. The Morgan fingerprint density at radius 1 is 1.11 bits per heavy atom. The van der Waals surface area contributed by atoms with Gasteiger partial charge in [0.05, 0.1) is 11.4 Å². The zero-order valence-corrected chi connectivity index (χ0v) is 22.2. The van der Waals surface area contributed by atoms with Crippen LogP contribution in [-0.2, 0) is 9.53 Å². The molecule has 0 bridgehead atoms. The quantitative estimate of drug-likeness (QED) is 0.634.